The Labute approximate surface area is 117 Å². The average molecular weight is 287 g/mol. The van der Waals surface area contributed by atoms with Crippen LogP contribution in [-0.4, -0.2) is 16.9 Å². The molecule has 0 radical (unpaired) electrons. The number of amides is 1. The summed E-state index contributed by atoms with van der Waals surface area (Å²) >= 11 is 7.52. The number of hydrogen-bond acceptors (Lipinski definition) is 3. The Balaban J connectivity index is 2.55. The molecule has 5 heteroatoms. The normalized spacial score (nSPS) is 12.2. The molecule has 1 rings (SSSR count). The van der Waals surface area contributed by atoms with Crippen LogP contribution in [0.1, 0.15) is 26.7 Å². The van der Waals surface area contributed by atoms with E-state index >= 15 is 0 Å². The summed E-state index contributed by atoms with van der Waals surface area (Å²) < 4.78 is 0. The molecule has 0 aliphatic rings. The summed E-state index contributed by atoms with van der Waals surface area (Å²) in [5, 5.41) is 3.28. The molecular weight excluding hydrogens is 268 g/mol. The first kappa shape index (κ1) is 15.2. The standard InChI is InChI=1S/C13H19ClN2OS/c1-3-4-7-18-9(2)13(17)16-12-8-10(14)5-6-11(12)15/h5-6,8-9H,3-4,7,15H2,1-2H3,(H,16,17). The molecule has 0 aromatic heterocycles. The summed E-state index contributed by atoms with van der Waals surface area (Å²) in [6.07, 6.45) is 2.27. The van der Waals surface area contributed by atoms with Gasteiger partial charge in [0.15, 0.2) is 0 Å². The Hall–Kier alpha value is -0.870. The van der Waals surface area contributed by atoms with Gasteiger partial charge in [0.2, 0.25) is 5.91 Å². The second-order valence-electron chi connectivity index (χ2n) is 4.09. The summed E-state index contributed by atoms with van der Waals surface area (Å²) in [6.45, 7) is 4.04. The fraction of sp³-hybridized carbons (Fsp3) is 0.462. The topological polar surface area (TPSA) is 55.1 Å². The predicted molar refractivity (Wildman–Crippen MR) is 81.3 cm³/mol. The van der Waals surface area contributed by atoms with Gasteiger partial charge in [0, 0.05) is 5.02 Å². The van der Waals surface area contributed by atoms with Gasteiger partial charge in [-0.3, -0.25) is 4.79 Å². The van der Waals surface area contributed by atoms with Gasteiger partial charge in [0.1, 0.15) is 0 Å². The van der Waals surface area contributed by atoms with E-state index in [0.29, 0.717) is 16.4 Å². The Morgan fingerprint density at radius 3 is 2.94 bits per heavy atom. The molecule has 18 heavy (non-hydrogen) atoms. The number of hydrogen-bond donors (Lipinski definition) is 2. The third-order valence-corrected chi connectivity index (χ3v) is 3.98. The van der Waals surface area contributed by atoms with E-state index in [4.69, 9.17) is 17.3 Å². The zero-order valence-electron chi connectivity index (χ0n) is 10.7. The van der Waals surface area contributed by atoms with Crippen LogP contribution in [0.15, 0.2) is 18.2 Å². The van der Waals surface area contributed by atoms with Crippen molar-refractivity contribution in [2.75, 3.05) is 16.8 Å². The van der Waals surface area contributed by atoms with E-state index in [-0.39, 0.29) is 11.2 Å². The molecule has 1 aromatic rings. The first-order valence-corrected chi connectivity index (χ1v) is 7.44. The largest absolute Gasteiger partial charge is 0.397 e. The Morgan fingerprint density at radius 2 is 2.28 bits per heavy atom. The van der Waals surface area contributed by atoms with Crippen molar-refractivity contribution in [3.63, 3.8) is 0 Å². The molecule has 3 N–H and O–H groups in total. The lowest BCUT2D eigenvalue weighted by atomic mass is 10.2. The average Bonchev–Trinajstić information content (AvgIpc) is 2.34. The quantitative estimate of drug-likeness (QED) is 0.618. The fourth-order valence-electron chi connectivity index (χ4n) is 1.35. The van der Waals surface area contributed by atoms with Crippen molar-refractivity contribution in [1.29, 1.82) is 0 Å². The molecule has 3 nitrogen and oxygen atoms in total. The molecule has 0 aliphatic heterocycles. The molecule has 1 aromatic carbocycles. The number of carbonyl (C=O) groups is 1. The van der Waals surface area contributed by atoms with Gasteiger partial charge in [-0.1, -0.05) is 24.9 Å². The smallest absolute Gasteiger partial charge is 0.237 e. The molecule has 0 saturated heterocycles. The monoisotopic (exact) mass is 286 g/mol. The molecule has 0 heterocycles. The van der Waals surface area contributed by atoms with Crippen molar-refractivity contribution >= 4 is 40.6 Å². The SMILES string of the molecule is CCCCSC(C)C(=O)Nc1cc(Cl)ccc1N. The number of anilines is 2. The van der Waals surface area contributed by atoms with Crippen molar-refractivity contribution in [3.05, 3.63) is 23.2 Å². The molecule has 1 amide bonds. The third kappa shape index (κ3) is 4.78. The zero-order valence-corrected chi connectivity index (χ0v) is 12.3. The van der Waals surface area contributed by atoms with Crippen LogP contribution in [0.5, 0.6) is 0 Å². The highest BCUT2D eigenvalue weighted by Crippen LogP contribution is 2.24. The maximum atomic E-state index is 11.9. The van der Waals surface area contributed by atoms with Gasteiger partial charge < -0.3 is 11.1 Å². The van der Waals surface area contributed by atoms with Gasteiger partial charge in [0.05, 0.1) is 16.6 Å². The van der Waals surface area contributed by atoms with Crippen LogP contribution >= 0.6 is 23.4 Å². The van der Waals surface area contributed by atoms with Crippen LogP contribution in [0.2, 0.25) is 5.02 Å². The molecule has 0 aliphatic carbocycles. The minimum atomic E-state index is -0.0880. The van der Waals surface area contributed by atoms with Crippen molar-refractivity contribution in [2.24, 2.45) is 0 Å². The van der Waals surface area contributed by atoms with Gasteiger partial charge in [-0.15, -0.1) is 11.8 Å². The number of nitrogens with one attached hydrogen (secondary N) is 1. The number of halogens is 1. The molecule has 1 unspecified atom stereocenters. The number of benzene rings is 1. The second-order valence-corrected chi connectivity index (χ2v) is 5.97. The number of carbonyl (C=O) groups excluding carboxylic acids is 1. The minimum absolute atomic E-state index is 0.0370. The lowest BCUT2D eigenvalue weighted by molar-refractivity contribution is -0.115. The number of rotatable bonds is 6. The van der Waals surface area contributed by atoms with E-state index in [9.17, 15) is 4.79 Å². The van der Waals surface area contributed by atoms with E-state index in [0.717, 1.165) is 18.6 Å². The highest BCUT2D eigenvalue weighted by Gasteiger charge is 2.14. The lowest BCUT2D eigenvalue weighted by Gasteiger charge is -2.13. The van der Waals surface area contributed by atoms with Crippen LogP contribution in [0.3, 0.4) is 0 Å². The maximum absolute atomic E-state index is 11.9. The minimum Gasteiger partial charge on any atom is -0.397 e. The van der Waals surface area contributed by atoms with Gasteiger partial charge in [-0.05, 0) is 37.3 Å². The summed E-state index contributed by atoms with van der Waals surface area (Å²) in [6, 6.07) is 5.05. The zero-order chi connectivity index (χ0) is 13.5. The van der Waals surface area contributed by atoms with E-state index in [1.165, 1.54) is 0 Å². The Kier molecular flexibility index (Phi) is 6.36. The van der Waals surface area contributed by atoms with Gasteiger partial charge in [0.25, 0.3) is 0 Å². The summed E-state index contributed by atoms with van der Waals surface area (Å²) in [7, 11) is 0. The maximum Gasteiger partial charge on any atom is 0.237 e. The predicted octanol–water partition coefficient (Wildman–Crippen LogP) is 3.78. The summed E-state index contributed by atoms with van der Waals surface area (Å²) in [4.78, 5) is 11.9. The van der Waals surface area contributed by atoms with Crippen LogP contribution in [-0.2, 0) is 4.79 Å². The van der Waals surface area contributed by atoms with Crippen LogP contribution in [0, 0.1) is 0 Å². The van der Waals surface area contributed by atoms with E-state index in [2.05, 4.69) is 12.2 Å². The summed E-state index contributed by atoms with van der Waals surface area (Å²) in [5.74, 6) is 0.959. The first-order valence-electron chi connectivity index (χ1n) is 6.02. The van der Waals surface area contributed by atoms with Gasteiger partial charge in [-0.25, -0.2) is 0 Å². The van der Waals surface area contributed by atoms with Gasteiger partial charge >= 0.3 is 0 Å². The first-order chi connectivity index (χ1) is 8.54. The molecule has 0 bridgehead atoms. The van der Waals surface area contributed by atoms with Crippen molar-refractivity contribution in [3.8, 4) is 0 Å². The van der Waals surface area contributed by atoms with E-state index in [1.807, 2.05) is 6.92 Å². The summed E-state index contributed by atoms with van der Waals surface area (Å²) in [5.41, 5.74) is 6.88. The van der Waals surface area contributed by atoms with Crippen LogP contribution in [0.4, 0.5) is 11.4 Å². The highest BCUT2D eigenvalue weighted by atomic mass is 35.5. The van der Waals surface area contributed by atoms with Crippen molar-refractivity contribution < 1.29 is 4.79 Å². The third-order valence-electron chi connectivity index (χ3n) is 2.51. The van der Waals surface area contributed by atoms with E-state index in [1.54, 1.807) is 30.0 Å². The van der Waals surface area contributed by atoms with Gasteiger partial charge in [-0.2, -0.15) is 0 Å². The van der Waals surface area contributed by atoms with Crippen LogP contribution < -0.4 is 11.1 Å². The Bertz CT molecular complexity index is 412. The molecule has 100 valence electrons. The molecule has 0 saturated carbocycles. The number of nitrogen functional groups attached to an aromatic ring is 1. The van der Waals surface area contributed by atoms with Crippen molar-refractivity contribution in [2.45, 2.75) is 31.9 Å². The second kappa shape index (κ2) is 7.54. The molecule has 0 spiro atoms. The molecule has 0 fully saturated rings. The number of thioether (sulfide) groups is 1. The highest BCUT2D eigenvalue weighted by molar-refractivity contribution is 8.00. The molecular formula is C13H19ClN2OS. The van der Waals surface area contributed by atoms with Crippen LogP contribution in [0.25, 0.3) is 0 Å². The molecule has 1 atom stereocenters. The Morgan fingerprint density at radius 1 is 1.56 bits per heavy atom. The number of nitrogens with two attached hydrogens (primary N) is 1. The lowest BCUT2D eigenvalue weighted by Crippen LogP contribution is -2.23. The fourth-order valence-corrected chi connectivity index (χ4v) is 2.54. The number of unbranched alkanes of at least 4 members (excludes halogenated alkanes) is 1. The van der Waals surface area contributed by atoms with Crippen molar-refractivity contribution in [1.82, 2.24) is 0 Å². The van der Waals surface area contributed by atoms with E-state index < -0.39 is 0 Å².